The van der Waals surface area contributed by atoms with Gasteiger partial charge in [-0.2, -0.15) is 0 Å². The predicted molar refractivity (Wildman–Crippen MR) is 57.4 cm³/mol. The van der Waals surface area contributed by atoms with Crippen LogP contribution in [0.25, 0.3) is 11.0 Å². The number of carbonyl (C=O) groups is 2. The molecule has 1 aromatic heterocycles. The van der Waals surface area contributed by atoms with Gasteiger partial charge in [-0.3, -0.25) is 10.1 Å². The number of amides is 1. The largest absolute Gasteiger partial charge is 0.478 e. The summed E-state index contributed by atoms with van der Waals surface area (Å²) in [7, 11) is 0. The number of hydrogen-bond donors (Lipinski definition) is 3. The van der Waals surface area contributed by atoms with Crippen molar-refractivity contribution >= 4 is 28.9 Å². The summed E-state index contributed by atoms with van der Waals surface area (Å²) in [6, 6.07) is 4.77. The molecule has 82 valence electrons. The van der Waals surface area contributed by atoms with E-state index in [-0.39, 0.29) is 17.4 Å². The molecule has 6 heteroatoms. The number of fused-ring (bicyclic) bond motifs is 1. The Morgan fingerprint density at radius 2 is 2.19 bits per heavy atom. The Morgan fingerprint density at radius 3 is 2.81 bits per heavy atom. The highest BCUT2D eigenvalue weighted by Gasteiger charge is 2.12. The summed E-state index contributed by atoms with van der Waals surface area (Å²) in [6.07, 6.45) is 0. The molecule has 0 radical (unpaired) electrons. The Hall–Kier alpha value is -2.37. The summed E-state index contributed by atoms with van der Waals surface area (Å²) in [4.78, 5) is 28.5. The van der Waals surface area contributed by atoms with E-state index in [1.165, 1.54) is 13.0 Å². The molecule has 0 bridgehead atoms. The van der Waals surface area contributed by atoms with Crippen molar-refractivity contribution in [2.45, 2.75) is 6.92 Å². The molecule has 0 saturated carbocycles. The van der Waals surface area contributed by atoms with Crippen molar-refractivity contribution < 1.29 is 14.7 Å². The average molecular weight is 219 g/mol. The van der Waals surface area contributed by atoms with Gasteiger partial charge in [0.2, 0.25) is 11.9 Å². The first-order valence-electron chi connectivity index (χ1n) is 4.57. The number of nitrogens with one attached hydrogen (secondary N) is 2. The van der Waals surface area contributed by atoms with E-state index < -0.39 is 5.97 Å². The zero-order valence-corrected chi connectivity index (χ0v) is 8.44. The highest BCUT2D eigenvalue weighted by atomic mass is 16.4. The van der Waals surface area contributed by atoms with Gasteiger partial charge in [0.15, 0.2) is 0 Å². The van der Waals surface area contributed by atoms with Crippen LogP contribution in [-0.4, -0.2) is 27.0 Å². The normalized spacial score (nSPS) is 10.3. The number of H-pyrrole nitrogens is 1. The molecule has 0 unspecified atom stereocenters. The summed E-state index contributed by atoms with van der Waals surface area (Å²) >= 11 is 0. The summed E-state index contributed by atoms with van der Waals surface area (Å²) in [5.41, 5.74) is 1.01. The Balaban J connectivity index is 2.56. The number of carbonyl (C=O) groups excluding carboxylic acids is 1. The molecule has 2 aromatic rings. The minimum Gasteiger partial charge on any atom is -0.478 e. The molecule has 1 heterocycles. The van der Waals surface area contributed by atoms with Crippen LogP contribution in [0.3, 0.4) is 0 Å². The lowest BCUT2D eigenvalue weighted by atomic mass is 10.2. The number of imidazole rings is 1. The van der Waals surface area contributed by atoms with Gasteiger partial charge in [0.1, 0.15) is 5.52 Å². The number of carboxylic acid groups (broad SMARTS) is 1. The van der Waals surface area contributed by atoms with E-state index in [2.05, 4.69) is 15.3 Å². The molecular formula is C10H9N3O3. The maximum atomic E-state index is 10.9. The van der Waals surface area contributed by atoms with Gasteiger partial charge in [-0.1, -0.05) is 6.07 Å². The molecule has 2 rings (SSSR count). The fourth-order valence-corrected chi connectivity index (χ4v) is 1.43. The second-order valence-corrected chi connectivity index (χ2v) is 3.27. The predicted octanol–water partition coefficient (Wildman–Crippen LogP) is 1.22. The third-order valence-corrected chi connectivity index (χ3v) is 2.04. The van der Waals surface area contributed by atoms with Crippen LogP contribution < -0.4 is 5.32 Å². The van der Waals surface area contributed by atoms with Crippen LogP contribution in [0.2, 0.25) is 0 Å². The number of nitrogens with zero attached hydrogens (tertiary/aromatic N) is 1. The van der Waals surface area contributed by atoms with Crippen LogP contribution in [0, 0.1) is 0 Å². The van der Waals surface area contributed by atoms with E-state index in [4.69, 9.17) is 5.11 Å². The van der Waals surface area contributed by atoms with Crippen molar-refractivity contribution in [2.24, 2.45) is 0 Å². The third kappa shape index (κ3) is 1.72. The lowest BCUT2D eigenvalue weighted by molar-refractivity contribution is -0.114. The van der Waals surface area contributed by atoms with E-state index in [1.54, 1.807) is 12.1 Å². The second-order valence-electron chi connectivity index (χ2n) is 3.27. The number of aromatic amines is 1. The lowest BCUT2D eigenvalue weighted by Gasteiger charge is -1.93. The van der Waals surface area contributed by atoms with Crippen LogP contribution in [0.15, 0.2) is 18.2 Å². The number of aromatic nitrogens is 2. The van der Waals surface area contributed by atoms with Gasteiger partial charge in [-0.25, -0.2) is 9.78 Å². The van der Waals surface area contributed by atoms with Crippen molar-refractivity contribution in [3.8, 4) is 0 Å². The van der Waals surface area contributed by atoms with E-state index in [1.807, 2.05) is 0 Å². The number of hydrogen-bond acceptors (Lipinski definition) is 3. The average Bonchev–Trinajstić information content (AvgIpc) is 2.57. The number of benzene rings is 1. The monoisotopic (exact) mass is 219 g/mol. The number of rotatable bonds is 2. The first-order valence-corrected chi connectivity index (χ1v) is 4.57. The maximum Gasteiger partial charge on any atom is 0.337 e. The molecule has 0 spiro atoms. The standard InChI is InChI=1S/C10H9N3O3/c1-5(14)11-10-12-7-4-2-3-6(9(15)16)8(7)13-10/h2-4H,1H3,(H,15,16)(H2,11,12,13,14). The van der Waals surface area contributed by atoms with E-state index in [9.17, 15) is 9.59 Å². The molecule has 0 fully saturated rings. The van der Waals surface area contributed by atoms with Gasteiger partial charge >= 0.3 is 5.97 Å². The quantitative estimate of drug-likeness (QED) is 0.707. The number of carboxylic acids is 1. The second kappa shape index (κ2) is 3.65. The minimum absolute atomic E-state index is 0.102. The zero-order valence-electron chi connectivity index (χ0n) is 8.44. The zero-order chi connectivity index (χ0) is 11.7. The third-order valence-electron chi connectivity index (χ3n) is 2.04. The van der Waals surface area contributed by atoms with Crippen LogP contribution in [-0.2, 0) is 4.79 Å². The SMILES string of the molecule is CC(=O)Nc1nc2c(C(=O)O)cccc2[nH]1. The van der Waals surface area contributed by atoms with Gasteiger partial charge < -0.3 is 10.1 Å². The van der Waals surface area contributed by atoms with Crippen LogP contribution in [0.4, 0.5) is 5.95 Å². The minimum atomic E-state index is -1.05. The van der Waals surface area contributed by atoms with Gasteiger partial charge in [0, 0.05) is 6.92 Å². The molecule has 3 N–H and O–H groups in total. The molecule has 0 aliphatic carbocycles. The number of para-hydroxylation sites is 1. The van der Waals surface area contributed by atoms with Gasteiger partial charge in [0.05, 0.1) is 11.1 Å². The van der Waals surface area contributed by atoms with Crippen molar-refractivity contribution in [1.29, 1.82) is 0 Å². The number of anilines is 1. The molecule has 1 aromatic carbocycles. The first kappa shape index (κ1) is 10.2. The molecule has 0 atom stereocenters. The smallest absolute Gasteiger partial charge is 0.337 e. The van der Waals surface area contributed by atoms with E-state index in [0.29, 0.717) is 11.0 Å². The summed E-state index contributed by atoms with van der Waals surface area (Å²) in [6.45, 7) is 1.35. The summed E-state index contributed by atoms with van der Waals surface area (Å²) in [5, 5.41) is 11.4. The fourth-order valence-electron chi connectivity index (χ4n) is 1.43. The molecule has 1 amide bonds. The fraction of sp³-hybridized carbons (Fsp3) is 0.100. The molecule has 0 aliphatic heterocycles. The van der Waals surface area contributed by atoms with Gasteiger partial charge in [-0.05, 0) is 12.1 Å². The topological polar surface area (TPSA) is 95.1 Å². The maximum absolute atomic E-state index is 10.9. The van der Waals surface area contributed by atoms with E-state index in [0.717, 1.165) is 0 Å². The Kier molecular flexibility index (Phi) is 2.32. The summed E-state index contributed by atoms with van der Waals surface area (Å²) in [5.74, 6) is -1.07. The van der Waals surface area contributed by atoms with Crippen molar-refractivity contribution in [3.63, 3.8) is 0 Å². The van der Waals surface area contributed by atoms with Crippen molar-refractivity contribution in [2.75, 3.05) is 5.32 Å². The first-order chi connectivity index (χ1) is 7.58. The Labute approximate surface area is 90.3 Å². The Morgan fingerprint density at radius 1 is 1.44 bits per heavy atom. The number of aromatic carboxylic acids is 1. The Bertz CT molecular complexity index is 574. The van der Waals surface area contributed by atoms with Crippen LogP contribution >= 0.6 is 0 Å². The van der Waals surface area contributed by atoms with Crippen molar-refractivity contribution in [1.82, 2.24) is 9.97 Å². The van der Waals surface area contributed by atoms with Gasteiger partial charge in [0.25, 0.3) is 0 Å². The molecule has 0 aliphatic rings. The molecule has 16 heavy (non-hydrogen) atoms. The van der Waals surface area contributed by atoms with Crippen LogP contribution in [0.1, 0.15) is 17.3 Å². The molecular weight excluding hydrogens is 210 g/mol. The van der Waals surface area contributed by atoms with Crippen molar-refractivity contribution in [3.05, 3.63) is 23.8 Å². The van der Waals surface area contributed by atoms with Crippen LogP contribution in [0.5, 0.6) is 0 Å². The summed E-state index contributed by atoms with van der Waals surface area (Å²) < 4.78 is 0. The van der Waals surface area contributed by atoms with E-state index >= 15 is 0 Å². The highest BCUT2D eigenvalue weighted by molar-refractivity contribution is 6.02. The highest BCUT2D eigenvalue weighted by Crippen LogP contribution is 2.18. The molecule has 6 nitrogen and oxygen atoms in total. The molecule has 0 saturated heterocycles. The van der Waals surface area contributed by atoms with Gasteiger partial charge in [-0.15, -0.1) is 0 Å². The lowest BCUT2D eigenvalue weighted by Crippen LogP contribution is -2.06.